The summed E-state index contributed by atoms with van der Waals surface area (Å²) >= 11 is 0. The zero-order chi connectivity index (χ0) is 39.4. The molecule has 0 radical (unpaired) electrons. The minimum atomic E-state index is 0.774. The van der Waals surface area contributed by atoms with Crippen LogP contribution < -0.4 is 9.80 Å². The van der Waals surface area contributed by atoms with E-state index in [4.69, 9.17) is 0 Å². The van der Waals surface area contributed by atoms with E-state index < -0.39 is 0 Å². The highest BCUT2D eigenvalue weighted by molar-refractivity contribution is 6.15. The Morgan fingerprint density at radius 2 is 1.00 bits per heavy atom. The molecule has 58 heavy (non-hydrogen) atoms. The first-order chi connectivity index (χ1) is 28.5. The van der Waals surface area contributed by atoms with Gasteiger partial charge in [-0.1, -0.05) is 169 Å². The van der Waals surface area contributed by atoms with Gasteiger partial charge < -0.3 is 9.80 Å². The minimum Gasteiger partial charge on any atom is -0.310 e. The summed E-state index contributed by atoms with van der Waals surface area (Å²) in [5.74, 6) is 0. The second kappa shape index (κ2) is 16.1. The number of hydrogen-bond donors (Lipinski definition) is 0. The highest BCUT2D eigenvalue weighted by Gasteiger charge is 2.21. The molecule has 2 heteroatoms. The number of anilines is 5. The fraction of sp³-hybridized carbons (Fsp3) is 0.0714. The molecule has 0 aliphatic heterocycles. The van der Waals surface area contributed by atoms with Crippen molar-refractivity contribution in [3.8, 4) is 0 Å². The fourth-order valence-corrected chi connectivity index (χ4v) is 8.19. The van der Waals surface area contributed by atoms with Gasteiger partial charge in [0.1, 0.15) is 0 Å². The molecule has 9 aromatic rings. The number of allylic oxidation sites excluding steroid dienone is 4. The Hall–Kier alpha value is -7.16. The van der Waals surface area contributed by atoms with Crippen LogP contribution in [-0.4, -0.2) is 0 Å². The maximum absolute atomic E-state index is 4.28. The van der Waals surface area contributed by atoms with Crippen molar-refractivity contribution >= 4 is 71.5 Å². The summed E-state index contributed by atoms with van der Waals surface area (Å²) in [6.07, 6.45) is 8.50. The fourth-order valence-electron chi connectivity index (χ4n) is 8.19. The maximum atomic E-state index is 4.28. The first kappa shape index (κ1) is 36.5. The van der Waals surface area contributed by atoms with Gasteiger partial charge in [0.2, 0.25) is 0 Å². The lowest BCUT2D eigenvalue weighted by Gasteiger charge is -2.29. The molecule has 0 saturated carbocycles. The predicted octanol–water partition coefficient (Wildman–Crippen LogP) is 15.9. The molecule has 9 aromatic carbocycles. The summed E-state index contributed by atoms with van der Waals surface area (Å²) in [6, 6.07) is 68.2. The summed E-state index contributed by atoms with van der Waals surface area (Å²) in [4.78, 5) is 4.85. The number of para-hydroxylation sites is 2. The van der Waals surface area contributed by atoms with E-state index in [1.165, 1.54) is 65.6 Å². The molecular formula is C56H46N2. The number of nitrogens with zero attached hydrogens (tertiary/aromatic N) is 2. The minimum absolute atomic E-state index is 0.774. The Morgan fingerprint density at radius 3 is 1.60 bits per heavy atom. The largest absolute Gasteiger partial charge is 0.310 e. The second-order valence-electron chi connectivity index (χ2n) is 15.2. The van der Waals surface area contributed by atoms with Crippen molar-refractivity contribution in [1.29, 1.82) is 0 Å². The first-order valence-corrected chi connectivity index (χ1v) is 20.1. The van der Waals surface area contributed by atoms with Crippen molar-refractivity contribution in [2.24, 2.45) is 0 Å². The molecule has 0 amide bonds. The van der Waals surface area contributed by atoms with E-state index >= 15 is 0 Å². The van der Waals surface area contributed by atoms with Crippen LogP contribution in [0.4, 0.5) is 28.4 Å². The zero-order valence-electron chi connectivity index (χ0n) is 33.1. The normalized spacial score (nSPS) is 11.9. The first-order valence-electron chi connectivity index (χ1n) is 20.1. The molecule has 280 valence electrons. The highest BCUT2D eigenvalue weighted by Crippen LogP contribution is 2.45. The van der Waals surface area contributed by atoms with Gasteiger partial charge >= 0.3 is 0 Å². The van der Waals surface area contributed by atoms with Crippen molar-refractivity contribution in [2.45, 2.75) is 26.7 Å². The van der Waals surface area contributed by atoms with E-state index in [2.05, 4.69) is 237 Å². The van der Waals surface area contributed by atoms with Crippen LogP contribution in [0.3, 0.4) is 0 Å². The van der Waals surface area contributed by atoms with Gasteiger partial charge in [0.15, 0.2) is 0 Å². The molecule has 0 spiro atoms. The Kier molecular flexibility index (Phi) is 10.1. The molecule has 0 aliphatic rings. The predicted molar refractivity (Wildman–Crippen MR) is 251 cm³/mol. The molecule has 0 atom stereocenters. The molecular weight excluding hydrogens is 701 g/mol. The standard InChI is InChI=1S/C56H46N2/c1-40(2)29-33-49(57(47-21-6-4-7-22-47)55-51-26-13-10-18-43(51)38-44-19-11-14-27-52(44)55)25-16-17-42-32-36-54-46(37-42)39-45-20-12-15-28-53(45)56(54)58(48-23-8-5-9-24-48)50-34-30-41(3)31-35-50/h4-16,18-28,30-39H,1,17,29H2,2-3H3. The summed E-state index contributed by atoms with van der Waals surface area (Å²) in [5, 5.41) is 9.75. The quantitative estimate of drug-likeness (QED) is 0.0739. The Morgan fingerprint density at radius 1 is 0.500 bits per heavy atom. The highest BCUT2D eigenvalue weighted by atomic mass is 15.2. The van der Waals surface area contributed by atoms with Crippen molar-refractivity contribution in [3.05, 3.63) is 235 Å². The average molecular weight is 747 g/mol. The van der Waals surface area contributed by atoms with Crippen LogP contribution in [0.25, 0.3) is 43.1 Å². The number of hydrogen-bond acceptors (Lipinski definition) is 2. The van der Waals surface area contributed by atoms with Crippen molar-refractivity contribution in [2.75, 3.05) is 9.80 Å². The number of rotatable bonds is 11. The lowest BCUT2D eigenvalue weighted by molar-refractivity contribution is 1.14. The van der Waals surface area contributed by atoms with Gasteiger partial charge in [-0.25, -0.2) is 0 Å². The topological polar surface area (TPSA) is 6.48 Å². The second-order valence-corrected chi connectivity index (χ2v) is 15.2. The third-order valence-electron chi connectivity index (χ3n) is 11.0. The van der Waals surface area contributed by atoms with E-state index in [1.54, 1.807) is 0 Å². The van der Waals surface area contributed by atoms with Gasteiger partial charge in [0.25, 0.3) is 0 Å². The Labute approximate surface area is 341 Å². The third-order valence-corrected chi connectivity index (χ3v) is 11.0. The van der Waals surface area contributed by atoms with Crippen LogP contribution in [-0.2, 0) is 6.42 Å². The third kappa shape index (κ3) is 7.29. The lowest BCUT2D eigenvalue weighted by Crippen LogP contribution is -2.16. The van der Waals surface area contributed by atoms with Crippen LogP contribution in [0.15, 0.2) is 224 Å². The average Bonchev–Trinajstić information content (AvgIpc) is 3.26. The van der Waals surface area contributed by atoms with E-state index in [-0.39, 0.29) is 0 Å². The van der Waals surface area contributed by atoms with E-state index in [0.717, 1.165) is 41.2 Å². The molecule has 0 unspecified atom stereocenters. The molecule has 9 rings (SSSR count). The molecule has 0 aromatic heterocycles. The zero-order valence-corrected chi connectivity index (χ0v) is 33.1. The number of aryl methyl sites for hydroxylation is 1. The summed E-state index contributed by atoms with van der Waals surface area (Å²) < 4.78 is 0. The van der Waals surface area contributed by atoms with Crippen molar-refractivity contribution in [1.82, 2.24) is 0 Å². The Bertz CT molecular complexity index is 2920. The van der Waals surface area contributed by atoms with E-state index in [9.17, 15) is 0 Å². The smallest absolute Gasteiger partial charge is 0.0618 e. The van der Waals surface area contributed by atoms with Gasteiger partial charge in [-0.2, -0.15) is 0 Å². The molecule has 2 nitrogen and oxygen atoms in total. The molecule has 0 saturated heterocycles. The summed E-state index contributed by atoms with van der Waals surface area (Å²) in [7, 11) is 0. The number of benzene rings is 9. The van der Waals surface area contributed by atoms with Crippen LogP contribution in [0.5, 0.6) is 0 Å². The van der Waals surface area contributed by atoms with Crippen molar-refractivity contribution < 1.29 is 0 Å². The summed E-state index contributed by atoms with van der Waals surface area (Å²) in [5.41, 5.74) is 10.5. The SMILES string of the molecule is C=C(C)CC=C(C=CCc1ccc2c(N(c3ccccc3)c3ccc(C)cc3)c3ccccc3cc2c1)N(c1ccccc1)c1c2ccccc2cc2ccccc12. The van der Waals surface area contributed by atoms with Gasteiger partial charge in [0.05, 0.1) is 11.4 Å². The van der Waals surface area contributed by atoms with E-state index in [1.807, 2.05) is 0 Å². The van der Waals surface area contributed by atoms with Gasteiger partial charge in [0, 0.05) is 44.3 Å². The van der Waals surface area contributed by atoms with Crippen molar-refractivity contribution in [3.63, 3.8) is 0 Å². The maximum Gasteiger partial charge on any atom is 0.0618 e. The number of fused-ring (bicyclic) bond motifs is 4. The van der Waals surface area contributed by atoms with Crippen LogP contribution in [0.2, 0.25) is 0 Å². The molecule has 0 aliphatic carbocycles. The molecule has 0 N–H and O–H groups in total. The van der Waals surface area contributed by atoms with Crippen LogP contribution in [0, 0.1) is 6.92 Å². The van der Waals surface area contributed by atoms with Gasteiger partial charge in [-0.05, 0) is 108 Å². The molecule has 0 bridgehead atoms. The van der Waals surface area contributed by atoms with Crippen LogP contribution in [0.1, 0.15) is 24.5 Å². The Balaban J connectivity index is 1.16. The molecule has 0 heterocycles. The molecule has 0 fully saturated rings. The monoisotopic (exact) mass is 746 g/mol. The van der Waals surface area contributed by atoms with E-state index in [0.29, 0.717) is 0 Å². The van der Waals surface area contributed by atoms with Gasteiger partial charge in [-0.15, -0.1) is 0 Å². The van der Waals surface area contributed by atoms with Crippen LogP contribution >= 0.6 is 0 Å². The van der Waals surface area contributed by atoms with Gasteiger partial charge in [-0.3, -0.25) is 0 Å². The lowest BCUT2D eigenvalue weighted by atomic mass is 9.96. The summed E-state index contributed by atoms with van der Waals surface area (Å²) in [6.45, 7) is 8.52.